The van der Waals surface area contributed by atoms with E-state index < -0.39 is 16.1 Å². The van der Waals surface area contributed by atoms with Crippen LogP contribution in [0.5, 0.6) is 0 Å². The smallest absolute Gasteiger partial charge is 0.241 e. The number of nitrogens with two attached hydrogens (primary N) is 1. The Balaban J connectivity index is 3.23. The summed E-state index contributed by atoms with van der Waals surface area (Å²) in [4.78, 5) is 0.0692. The van der Waals surface area contributed by atoms with Gasteiger partial charge in [0, 0.05) is 23.4 Å². The third kappa shape index (κ3) is 4.57. The van der Waals surface area contributed by atoms with Crippen molar-refractivity contribution >= 4 is 27.3 Å². The molecule has 0 aliphatic heterocycles. The topological polar surface area (TPSA) is 92.4 Å². The molecule has 1 aromatic rings. The van der Waals surface area contributed by atoms with Gasteiger partial charge < -0.3 is 10.8 Å². The second kappa shape index (κ2) is 6.52. The molecule has 1 aromatic carbocycles. The van der Waals surface area contributed by atoms with Crippen molar-refractivity contribution in [3.63, 3.8) is 0 Å². The van der Waals surface area contributed by atoms with Crippen LogP contribution in [0.25, 0.3) is 0 Å². The van der Waals surface area contributed by atoms with Crippen LogP contribution in [0.3, 0.4) is 0 Å². The van der Waals surface area contributed by atoms with Crippen LogP contribution in [0.1, 0.15) is 32.8 Å². The van der Waals surface area contributed by atoms with Gasteiger partial charge in [-0.3, -0.25) is 0 Å². The molecule has 0 aromatic heterocycles. The van der Waals surface area contributed by atoms with E-state index in [1.807, 2.05) is 20.8 Å². The van der Waals surface area contributed by atoms with Crippen LogP contribution in [0.2, 0.25) is 5.02 Å². The van der Waals surface area contributed by atoms with Gasteiger partial charge >= 0.3 is 0 Å². The number of aliphatic hydroxyl groups is 1. The summed E-state index contributed by atoms with van der Waals surface area (Å²) in [6.07, 6.45) is 0.331. The van der Waals surface area contributed by atoms with Crippen molar-refractivity contribution in [2.24, 2.45) is 5.41 Å². The van der Waals surface area contributed by atoms with Crippen LogP contribution in [0.4, 0.5) is 5.69 Å². The van der Waals surface area contributed by atoms with Gasteiger partial charge in [0.2, 0.25) is 10.0 Å². The van der Waals surface area contributed by atoms with Gasteiger partial charge in [0.15, 0.2) is 0 Å². The molecule has 5 nitrogen and oxygen atoms in total. The average molecular weight is 335 g/mol. The molecule has 0 saturated heterocycles. The summed E-state index contributed by atoms with van der Waals surface area (Å²) < 4.78 is 27.8. The van der Waals surface area contributed by atoms with Crippen molar-refractivity contribution in [3.8, 4) is 0 Å². The van der Waals surface area contributed by atoms with Crippen LogP contribution in [-0.2, 0) is 10.0 Å². The van der Waals surface area contributed by atoms with E-state index in [1.165, 1.54) is 12.1 Å². The van der Waals surface area contributed by atoms with E-state index in [0.717, 1.165) is 0 Å². The van der Waals surface area contributed by atoms with Crippen molar-refractivity contribution in [3.05, 3.63) is 22.7 Å². The Morgan fingerprint density at radius 1 is 1.38 bits per heavy atom. The summed E-state index contributed by atoms with van der Waals surface area (Å²) in [6.45, 7) is 7.28. The van der Waals surface area contributed by atoms with Crippen LogP contribution in [-0.4, -0.2) is 26.2 Å². The predicted molar refractivity (Wildman–Crippen MR) is 85.9 cm³/mol. The number of benzene rings is 1. The lowest BCUT2D eigenvalue weighted by Gasteiger charge is -2.31. The van der Waals surface area contributed by atoms with Crippen molar-refractivity contribution in [2.75, 3.05) is 12.3 Å². The first-order valence-electron chi connectivity index (χ1n) is 6.68. The third-order valence-corrected chi connectivity index (χ3v) is 5.23. The summed E-state index contributed by atoms with van der Waals surface area (Å²) >= 11 is 5.90. The largest absolute Gasteiger partial charge is 0.398 e. The minimum Gasteiger partial charge on any atom is -0.398 e. The van der Waals surface area contributed by atoms with Gasteiger partial charge in [0.05, 0.1) is 4.90 Å². The number of hydrogen-bond donors (Lipinski definition) is 3. The minimum atomic E-state index is -3.77. The number of nitrogen functional groups attached to an aromatic ring is 1. The quantitative estimate of drug-likeness (QED) is 0.720. The first-order valence-corrected chi connectivity index (χ1v) is 8.54. The Morgan fingerprint density at radius 2 is 1.95 bits per heavy atom. The number of hydrogen-bond acceptors (Lipinski definition) is 4. The van der Waals surface area contributed by atoms with Gasteiger partial charge in [-0.25, -0.2) is 13.1 Å². The van der Waals surface area contributed by atoms with E-state index >= 15 is 0 Å². The summed E-state index contributed by atoms with van der Waals surface area (Å²) in [7, 11) is -3.77. The molecule has 7 heteroatoms. The Hall–Kier alpha value is -0.820. The molecule has 21 heavy (non-hydrogen) atoms. The number of rotatable bonds is 5. The molecule has 1 rings (SSSR count). The van der Waals surface area contributed by atoms with Crippen molar-refractivity contribution in [1.82, 2.24) is 4.72 Å². The molecule has 0 fully saturated rings. The molecule has 0 bridgehead atoms. The monoisotopic (exact) mass is 334 g/mol. The SMILES string of the molecule is Cc1c(N)cc(Cl)cc1S(=O)(=O)NC(CCO)C(C)(C)C. The Kier molecular flexibility index (Phi) is 5.66. The third-order valence-electron chi connectivity index (χ3n) is 3.42. The molecule has 1 atom stereocenters. The van der Waals surface area contributed by atoms with Crippen LogP contribution < -0.4 is 10.5 Å². The first kappa shape index (κ1) is 18.2. The van der Waals surface area contributed by atoms with Crippen molar-refractivity contribution < 1.29 is 13.5 Å². The molecule has 0 aliphatic rings. The molecule has 0 aliphatic carbocycles. The maximum atomic E-state index is 12.6. The highest BCUT2D eigenvalue weighted by atomic mass is 35.5. The summed E-state index contributed by atoms with van der Waals surface area (Å²) in [5, 5.41) is 9.41. The molecule has 1 unspecified atom stereocenters. The van der Waals surface area contributed by atoms with Gasteiger partial charge in [-0.05, 0) is 36.5 Å². The molecule has 0 amide bonds. The lowest BCUT2D eigenvalue weighted by atomic mass is 9.86. The standard InChI is InChI=1S/C14H23ClN2O3S/c1-9-11(16)7-10(15)8-12(9)21(19,20)17-13(5-6-18)14(2,3)4/h7-8,13,17-18H,5-6,16H2,1-4H3. The van der Waals surface area contributed by atoms with Crippen LogP contribution >= 0.6 is 11.6 Å². The van der Waals surface area contributed by atoms with Crippen molar-refractivity contribution in [1.29, 1.82) is 0 Å². The fraction of sp³-hybridized carbons (Fsp3) is 0.571. The number of halogens is 1. The van der Waals surface area contributed by atoms with E-state index in [9.17, 15) is 8.42 Å². The highest BCUT2D eigenvalue weighted by Crippen LogP contribution is 2.28. The molecule has 120 valence electrons. The zero-order chi connectivity index (χ0) is 16.4. The van der Waals surface area contributed by atoms with Gasteiger partial charge in [0.25, 0.3) is 0 Å². The molecule has 0 heterocycles. The second-order valence-corrected chi connectivity index (χ2v) is 8.29. The Labute approximate surface area is 131 Å². The summed E-state index contributed by atoms with van der Waals surface area (Å²) in [6, 6.07) is 2.51. The molecular formula is C14H23ClN2O3S. The molecule has 0 radical (unpaired) electrons. The first-order chi connectivity index (χ1) is 9.49. The van der Waals surface area contributed by atoms with Crippen molar-refractivity contribution in [2.45, 2.75) is 45.1 Å². The van der Waals surface area contributed by atoms with Gasteiger partial charge in [0.1, 0.15) is 0 Å². The Bertz CT molecular complexity index is 609. The van der Waals surface area contributed by atoms with E-state index in [2.05, 4.69) is 4.72 Å². The summed E-state index contributed by atoms with van der Waals surface area (Å²) in [5.74, 6) is 0. The van der Waals surface area contributed by atoms with E-state index in [0.29, 0.717) is 17.7 Å². The van der Waals surface area contributed by atoms with E-state index in [-0.39, 0.29) is 21.9 Å². The lowest BCUT2D eigenvalue weighted by molar-refractivity contribution is 0.214. The van der Waals surface area contributed by atoms with Gasteiger partial charge in [-0.15, -0.1) is 0 Å². The van der Waals surface area contributed by atoms with Gasteiger partial charge in [-0.1, -0.05) is 32.4 Å². The Morgan fingerprint density at radius 3 is 2.43 bits per heavy atom. The molecule has 0 spiro atoms. The molecular weight excluding hydrogens is 312 g/mol. The maximum absolute atomic E-state index is 12.6. The maximum Gasteiger partial charge on any atom is 0.241 e. The fourth-order valence-corrected chi connectivity index (χ4v) is 4.07. The zero-order valence-electron chi connectivity index (χ0n) is 12.8. The number of aliphatic hydroxyl groups excluding tert-OH is 1. The second-order valence-electron chi connectivity index (χ2n) is 6.17. The lowest BCUT2D eigenvalue weighted by Crippen LogP contribution is -2.44. The molecule has 0 saturated carbocycles. The van der Waals surface area contributed by atoms with Crippen LogP contribution in [0.15, 0.2) is 17.0 Å². The van der Waals surface area contributed by atoms with E-state index in [4.69, 9.17) is 22.4 Å². The van der Waals surface area contributed by atoms with Gasteiger partial charge in [-0.2, -0.15) is 0 Å². The average Bonchev–Trinajstić information content (AvgIpc) is 2.31. The number of anilines is 1. The normalized spacial score (nSPS) is 14.2. The van der Waals surface area contributed by atoms with Crippen LogP contribution in [0, 0.1) is 12.3 Å². The highest BCUT2D eigenvalue weighted by molar-refractivity contribution is 7.89. The van der Waals surface area contributed by atoms with E-state index in [1.54, 1.807) is 6.92 Å². The highest BCUT2D eigenvalue weighted by Gasteiger charge is 2.30. The predicted octanol–water partition coefficient (Wildman–Crippen LogP) is 2.31. The number of sulfonamides is 1. The number of nitrogens with one attached hydrogen (secondary N) is 1. The molecule has 4 N–H and O–H groups in total. The summed E-state index contributed by atoms with van der Waals surface area (Å²) in [5.41, 5.74) is 6.24. The fourth-order valence-electron chi connectivity index (χ4n) is 2.00. The zero-order valence-corrected chi connectivity index (χ0v) is 14.3. The minimum absolute atomic E-state index is 0.0692.